The van der Waals surface area contributed by atoms with Crippen LogP contribution in [-0.2, 0) is 0 Å². The molecule has 0 aliphatic carbocycles. The number of Topliss-reactive ketones (excluding diaryl/α,β-unsaturated/α-hetero) is 1. The molecular weight excluding hydrogens is 380 g/mol. The maximum atomic E-state index is 13.1. The van der Waals surface area contributed by atoms with Gasteiger partial charge >= 0.3 is 0 Å². The second kappa shape index (κ2) is 8.25. The summed E-state index contributed by atoms with van der Waals surface area (Å²) in [5.41, 5.74) is 2.16. The Morgan fingerprint density at radius 3 is 2.33 bits per heavy atom. The maximum absolute atomic E-state index is 13.1. The summed E-state index contributed by atoms with van der Waals surface area (Å²) in [5.74, 6) is 1.57. The van der Waals surface area contributed by atoms with Gasteiger partial charge in [-0.3, -0.25) is 9.59 Å². The average molecular weight is 400 g/mol. The lowest BCUT2D eigenvalue weighted by Gasteiger charge is -2.10. The molecule has 5 nitrogen and oxygen atoms in total. The van der Waals surface area contributed by atoms with E-state index < -0.39 is 0 Å². The normalized spacial score (nSPS) is 10.7. The zero-order valence-corrected chi connectivity index (χ0v) is 16.7. The van der Waals surface area contributed by atoms with Gasteiger partial charge in [-0.15, -0.1) is 0 Å². The summed E-state index contributed by atoms with van der Waals surface area (Å²) in [4.78, 5) is 25.3. The molecule has 0 fully saturated rings. The van der Waals surface area contributed by atoms with E-state index >= 15 is 0 Å². The Balaban J connectivity index is 1.62. The molecule has 0 N–H and O–H groups in total. The predicted molar refractivity (Wildman–Crippen MR) is 115 cm³/mol. The van der Waals surface area contributed by atoms with Crippen LogP contribution in [0.4, 0.5) is 0 Å². The molecule has 1 aromatic heterocycles. The molecule has 3 aromatic carbocycles. The van der Waals surface area contributed by atoms with Gasteiger partial charge < -0.3 is 13.9 Å². The Kier molecular flexibility index (Phi) is 5.35. The van der Waals surface area contributed by atoms with Crippen molar-refractivity contribution in [2.45, 2.75) is 6.92 Å². The molecule has 0 spiro atoms. The average Bonchev–Trinajstić information content (AvgIpc) is 2.78. The fourth-order valence-electron chi connectivity index (χ4n) is 3.32. The van der Waals surface area contributed by atoms with E-state index in [9.17, 15) is 9.59 Å². The fraction of sp³-hybridized carbons (Fsp3) is 0.120. The second-order valence-corrected chi connectivity index (χ2v) is 6.83. The van der Waals surface area contributed by atoms with E-state index in [0.717, 1.165) is 5.56 Å². The van der Waals surface area contributed by atoms with Gasteiger partial charge in [-0.1, -0.05) is 42.5 Å². The third kappa shape index (κ3) is 3.82. The van der Waals surface area contributed by atoms with Gasteiger partial charge in [-0.05, 0) is 36.8 Å². The highest BCUT2D eigenvalue weighted by molar-refractivity contribution is 5.97. The topological polar surface area (TPSA) is 65.7 Å². The molecule has 4 aromatic rings. The summed E-state index contributed by atoms with van der Waals surface area (Å²) < 4.78 is 16.7. The molecule has 0 amide bonds. The Morgan fingerprint density at radius 2 is 1.63 bits per heavy atom. The molecule has 0 aliphatic rings. The number of hydrogen-bond donors (Lipinski definition) is 0. The van der Waals surface area contributed by atoms with Crippen LogP contribution < -0.4 is 14.9 Å². The molecule has 1 heterocycles. The van der Waals surface area contributed by atoms with E-state index in [1.807, 2.05) is 18.2 Å². The van der Waals surface area contributed by atoms with Crippen LogP contribution in [0.15, 0.2) is 82.0 Å². The Bertz CT molecular complexity index is 1250. The van der Waals surface area contributed by atoms with Crippen molar-refractivity contribution in [1.82, 2.24) is 0 Å². The van der Waals surface area contributed by atoms with Crippen LogP contribution in [0.5, 0.6) is 11.5 Å². The van der Waals surface area contributed by atoms with Gasteiger partial charge in [0.1, 0.15) is 22.8 Å². The molecule has 0 atom stereocenters. The fourth-order valence-corrected chi connectivity index (χ4v) is 3.32. The maximum Gasteiger partial charge on any atom is 0.200 e. The number of rotatable bonds is 6. The third-order valence-corrected chi connectivity index (χ3v) is 4.88. The summed E-state index contributed by atoms with van der Waals surface area (Å²) in [7, 11) is 1.59. The third-order valence-electron chi connectivity index (χ3n) is 4.88. The molecule has 0 unspecified atom stereocenters. The van der Waals surface area contributed by atoms with Gasteiger partial charge in [-0.25, -0.2) is 0 Å². The Hall–Kier alpha value is -3.86. The number of carbonyl (C=O) groups is 1. The van der Waals surface area contributed by atoms with Crippen LogP contribution in [0.3, 0.4) is 0 Å². The van der Waals surface area contributed by atoms with E-state index in [0.29, 0.717) is 39.4 Å². The summed E-state index contributed by atoms with van der Waals surface area (Å²) in [6, 6.07) is 21.2. The van der Waals surface area contributed by atoms with Crippen LogP contribution in [0.1, 0.15) is 16.1 Å². The summed E-state index contributed by atoms with van der Waals surface area (Å²) in [5, 5.41) is 0.452. The number of ketones is 1. The first kappa shape index (κ1) is 19.5. The molecule has 0 saturated heterocycles. The molecule has 0 radical (unpaired) electrons. The van der Waals surface area contributed by atoms with Crippen molar-refractivity contribution < 1.29 is 18.7 Å². The van der Waals surface area contributed by atoms with Crippen LogP contribution in [-0.4, -0.2) is 19.5 Å². The first-order valence-corrected chi connectivity index (χ1v) is 9.50. The Morgan fingerprint density at radius 1 is 0.933 bits per heavy atom. The van der Waals surface area contributed by atoms with E-state index in [2.05, 4.69) is 0 Å². The standard InChI is InChI=1S/C25H20O5/c1-16-24(18-8-10-19(28-2)11-9-18)25(27)21-13-12-20(14-23(21)30-16)29-15-22(26)17-6-4-3-5-7-17/h3-14H,15H2,1-2H3. The molecule has 150 valence electrons. The van der Waals surface area contributed by atoms with Gasteiger partial charge in [0.05, 0.1) is 18.1 Å². The molecule has 30 heavy (non-hydrogen) atoms. The number of hydrogen-bond acceptors (Lipinski definition) is 5. The zero-order chi connectivity index (χ0) is 21.1. The lowest BCUT2D eigenvalue weighted by Crippen LogP contribution is -2.12. The number of methoxy groups -OCH3 is 1. The molecule has 5 heteroatoms. The highest BCUT2D eigenvalue weighted by Crippen LogP contribution is 2.27. The van der Waals surface area contributed by atoms with Crippen molar-refractivity contribution in [1.29, 1.82) is 0 Å². The van der Waals surface area contributed by atoms with E-state index in [1.165, 1.54) is 0 Å². The van der Waals surface area contributed by atoms with Crippen molar-refractivity contribution >= 4 is 16.8 Å². The second-order valence-electron chi connectivity index (χ2n) is 6.83. The van der Waals surface area contributed by atoms with Crippen molar-refractivity contribution in [3.05, 3.63) is 94.3 Å². The highest BCUT2D eigenvalue weighted by Gasteiger charge is 2.15. The van der Waals surface area contributed by atoms with Crippen molar-refractivity contribution in [2.24, 2.45) is 0 Å². The van der Waals surface area contributed by atoms with Gasteiger partial charge in [0, 0.05) is 11.6 Å². The van der Waals surface area contributed by atoms with Gasteiger partial charge in [0.15, 0.2) is 12.4 Å². The van der Waals surface area contributed by atoms with Crippen molar-refractivity contribution in [2.75, 3.05) is 13.7 Å². The van der Waals surface area contributed by atoms with Gasteiger partial charge in [0.25, 0.3) is 0 Å². The van der Waals surface area contributed by atoms with Crippen molar-refractivity contribution in [3.63, 3.8) is 0 Å². The van der Waals surface area contributed by atoms with Gasteiger partial charge in [0.2, 0.25) is 5.43 Å². The van der Waals surface area contributed by atoms with E-state index in [-0.39, 0.29) is 17.8 Å². The predicted octanol–water partition coefficient (Wildman–Crippen LogP) is 5.04. The highest BCUT2D eigenvalue weighted by atomic mass is 16.5. The van der Waals surface area contributed by atoms with E-state index in [1.54, 1.807) is 68.6 Å². The minimum Gasteiger partial charge on any atom is -0.497 e. The zero-order valence-electron chi connectivity index (χ0n) is 16.7. The number of benzene rings is 3. The summed E-state index contributed by atoms with van der Waals surface area (Å²) >= 11 is 0. The lowest BCUT2D eigenvalue weighted by atomic mass is 10.0. The largest absolute Gasteiger partial charge is 0.497 e. The van der Waals surface area contributed by atoms with Crippen LogP contribution in [0.2, 0.25) is 0 Å². The molecule has 4 rings (SSSR count). The lowest BCUT2D eigenvalue weighted by molar-refractivity contribution is 0.0921. The minimum absolute atomic E-state index is 0.0946. The monoisotopic (exact) mass is 400 g/mol. The number of fused-ring (bicyclic) bond motifs is 1. The number of aryl methyl sites for hydroxylation is 1. The molecule has 0 saturated carbocycles. The summed E-state index contributed by atoms with van der Waals surface area (Å²) in [6.07, 6.45) is 0. The quantitative estimate of drug-likeness (QED) is 0.424. The smallest absolute Gasteiger partial charge is 0.200 e. The minimum atomic E-state index is -0.122. The van der Waals surface area contributed by atoms with Gasteiger partial charge in [-0.2, -0.15) is 0 Å². The van der Waals surface area contributed by atoms with Crippen molar-refractivity contribution in [3.8, 4) is 22.6 Å². The van der Waals surface area contributed by atoms with Crippen LogP contribution in [0.25, 0.3) is 22.1 Å². The van der Waals surface area contributed by atoms with Crippen LogP contribution >= 0.6 is 0 Å². The SMILES string of the molecule is COc1ccc(-c2c(C)oc3cc(OCC(=O)c4ccccc4)ccc3c2=O)cc1. The van der Waals surface area contributed by atoms with Crippen LogP contribution in [0, 0.1) is 6.92 Å². The first-order valence-electron chi connectivity index (χ1n) is 9.50. The molecular formula is C25H20O5. The Labute approximate surface area is 173 Å². The molecule has 0 aliphatic heterocycles. The summed E-state index contributed by atoms with van der Waals surface area (Å²) in [6.45, 7) is 1.66. The number of ether oxygens (including phenoxy) is 2. The number of carbonyl (C=O) groups excluding carboxylic acids is 1. The van der Waals surface area contributed by atoms with E-state index in [4.69, 9.17) is 13.9 Å². The molecule has 0 bridgehead atoms. The first-order chi connectivity index (χ1) is 14.6.